The van der Waals surface area contributed by atoms with Gasteiger partial charge in [0.2, 0.25) is 0 Å². The monoisotopic (exact) mass is 319 g/mol. The van der Waals surface area contributed by atoms with Gasteiger partial charge in [0.1, 0.15) is 0 Å². The maximum Gasteiger partial charge on any atom is 0.0603 e. The molecule has 0 unspecified atom stereocenters. The Bertz CT molecular complexity index is 287. The molecule has 0 spiro atoms. The average molecular weight is 321 g/mol. The van der Waals surface area contributed by atoms with Gasteiger partial charge < -0.3 is 5.73 Å². The number of unbranched alkanes of at least 4 members (excludes halogenated alkanes) is 2. The third-order valence-electron chi connectivity index (χ3n) is 2.21. The molecule has 2 N–H and O–H groups in total. The fourth-order valence-electron chi connectivity index (χ4n) is 1.36. The molecule has 14 heavy (non-hydrogen) atoms. The van der Waals surface area contributed by atoms with Crippen molar-refractivity contribution < 1.29 is 0 Å². The molecule has 0 fully saturated rings. The van der Waals surface area contributed by atoms with Crippen LogP contribution in [0.2, 0.25) is 0 Å². The molecule has 1 rings (SSSR count). The quantitative estimate of drug-likeness (QED) is 0.640. The topological polar surface area (TPSA) is 26.0 Å². The van der Waals surface area contributed by atoms with Gasteiger partial charge >= 0.3 is 0 Å². The van der Waals surface area contributed by atoms with Crippen molar-refractivity contribution in [1.29, 1.82) is 0 Å². The van der Waals surface area contributed by atoms with Crippen LogP contribution in [-0.4, -0.2) is 0 Å². The first-order chi connectivity index (χ1) is 6.65. The van der Waals surface area contributed by atoms with E-state index in [9.17, 15) is 0 Å². The number of anilines is 1. The van der Waals surface area contributed by atoms with Crippen molar-refractivity contribution in [3.8, 4) is 0 Å². The van der Waals surface area contributed by atoms with Gasteiger partial charge in [-0.25, -0.2) is 0 Å². The number of halogens is 2. The Hall–Kier alpha value is -0.0200. The van der Waals surface area contributed by atoms with Crippen molar-refractivity contribution in [3.63, 3.8) is 0 Å². The normalized spacial score (nSPS) is 10.5. The third kappa shape index (κ3) is 3.28. The fraction of sp³-hybridized carbons (Fsp3) is 0.455. The van der Waals surface area contributed by atoms with Crippen LogP contribution < -0.4 is 5.73 Å². The van der Waals surface area contributed by atoms with Crippen LogP contribution in [0.25, 0.3) is 0 Å². The Morgan fingerprint density at radius 3 is 2.21 bits per heavy atom. The molecule has 0 bridgehead atoms. The standard InChI is InChI=1S/C11H15Br2N/c1-2-3-4-5-8-6-9(12)11(14)10(13)7-8/h6-7H,2-5,14H2,1H3. The second-order valence-electron chi connectivity index (χ2n) is 3.43. The molecule has 1 aromatic carbocycles. The van der Waals surface area contributed by atoms with Gasteiger partial charge in [-0.15, -0.1) is 0 Å². The van der Waals surface area contributed by atoms with Crippen molar-refractivity contribution in [3.05, 3.63) is 26.6 Å². The molecule has 3 heteroatoms. The second kappa shape index (κ2) is 5.76. The van der Waals surface area contributed by atoms with E-state index >= 15 is 0 Å². The molecular weight excluding hydrogens is 306 g/mol. The number of hydrogen-bond donors (Lipinski definition) is 1. The molecule has 0 aromatic heterocycles. The molecule has 0 aliphatic carbocycles. The van der Waals surface area contributed by atoms with Crippen molar-refractivity contribution in [2.75, 3.05) is 5.73 Å². The van der Waals surface area contributed by atoms with Crippen molar-refractivity contribution >= 4 is 37.5 Å². The maximum atomic E-state index is 5.81. The molecule has 1 nitrogen and oxygen atoms in total. The van der Waals surface area contributed by atoms with Crippen LogP contribution in [-0.2, 0) is 6.42 Å². The summed E-state index contributed by atoms with van der Waals surface area (Å²) in [6, 6.07) is 4.21. The van der Waals surface area contributed by atoms with Gasteiger partial charge in [0.15, 0.2) is 0 Å². The molecule has 0 aliphatic heterocycles. The number of aryl methyl sites for hydroxylation is 1. The van der Waals surface area contributed by atoms with E-state index < -0.39 is 0 Å². The zero-order valence-electron chi connectivity index (χ0n) is 8.32. The number of hydrogen-bond acceptors (Lipinski definition) is 1. The van der Waals surface area contributed by atoms with E-state index in [1.165, 1.54) is 24.8 Å². The highest BCUT2D eigenvalue weighted by Gasteiger charge is 2.03. The van der Waals surface area contributed by atoms with Crippen LogP contribution in [0.1, 0.15) is 31.7 Å². The van der Waals surface area contributed by atoms with Crippen molar-refractivity contribution in [1.82, 2.24) is 0 Å². The summed E-state index contributed by atoms with van der Waals surface area (Å²) >= 11 is 6.90. The summed E-state index contributed by atoms with van der Waals surface area (Å²) in [5.41, 5.74) is 7.93. The van der Waals surface area contributed by atoms with E-state index in [0.29, 0.717) is 0 Å². The highest BCUT2D eigenvalue weighted by molar-refractivity contribution is 9.11. The zero-order chi connectivity index (χ0) is 10.6. The van der Waals surface area contributed by atoms with E-state index in [0.717, 1.165) is 21.1 Å². The van der Waals surface area contributed by atoms with Crippen LogP contribution in [0.15, 0.2) is 21.1 Å². The van der Waals surface area contributed by atoms with Crippen LogP contribution >= 0.6 is 31.9 Å². The predicted molar refractivity (Wildman–Crippen MR) is 69.5 cm³/mol. The van der Waals surface area contributed by atoms with Gasteiger partial charge in [-0.2, -0.15) is 0 Å². The van der Waals surface area contributed by atoms with Crippen LogP contribution in [0.3, 0.4) is 0 Å². The summed E-state index contributed by atoms with van der Waals surface area (Å²) < 4.78 is 1.97. The lowest BCUT2D eigenvalue weighted by Gasteiger charge is -2.06. The van der Waals surface area contributed by atoms with E-state index in [1.807, 2.05) is 0 Å². The first-order valence-electron chi connectivity index (χ1n) is 4.88. The summed E-state index contributed by atoms with van der Waals surface area (Å²) in [6.07, 6.45) is 4.93. The third-order valence-corrected chi connectivity index (χ3v) is 3.52. The number of nitrogens with two attached hydrogens (primary N) is 1. The smallest absolute Gasteiger partial charge is 0.0603 e. The Balaban J connectivity index is 2.69. The minimum atomic E-state index is 0.782. The minimum Gasteiger partial charge on any atom is -0.397 e. The molecule has 0 aliphatic rings. The molecule has 0 heterocycles. The van der Waals surface area contributed by atoms with Gasteiger partial charge in [-0.3, -0.25) is 0 Å². The summed E-state index contributed by atoms with van der Waals surface area (Å²) in [5, 5.41) is 0. The predicted octanol–water partition coefficient (Wildman–Crippen LogP) is 4.53. The zero-order valence-corrected chi connectivity index (χ0v) is 11.5. The lowest BCUT2D eigenvalue weighted by Crippen LogP contribution is -1.92. The molecule has 1 aromatic rings. The van der Waals surface area contributed by atoms with E-state index in [2.05, 4.69) is 50.9 Å². The lowest BCUT2D eigenvalue weighted by molar-refractivity contribution is 0.717. The van der Waals surface area contributed by atoms with Gasteiger partial charge in [-0.05, 0) is 62.4 Å². The van der Waals surface area contributed by atoms with E-state index in [1.54, 1.807) is 0 Å². The van der Waals surface area contributed by atoms with Gasteiger partial charge in [0.05, 0.1) is 5.69 Å². The first-order valence-corrected chi connectivity index (χ1v) is 6.47. The molecular formula is C11H15Br2N. The fourth-order valence-corrected chi connectivity index (χ4v) is 2.64. The SMILES string of the molecule is CCCCCc1cc(Br)c(N)c(Br)c1. The summed E-state index contributed by atoms with van der Waals surface area (Å²) in [5.74, 6) is 0. The highest BCUT2D eigenvalue weighted by atomic mass is 79.9. The maximum absolute atomic E-state index is 5.81. The molecule has 0 amide bonds. The lowest BCUT2D eigenvalue weighted by atomic mass is 10.1. The molecule has 0 atom stereocenters. The number of nitrogen functional groups attached to an aromatic ring is 1. The Kier molecular flexibility index (Phi) is 4.96. The molecule has 78 valence electrons. The molecule has 0 saturated carbocycles. The Morgan fingerprint density at radius 2 is 1.71 bits per heavy atom. The van der Waals surface area contributed by atoms with Crippen LogP contribution in [0, 0.1) is 0 Å². The van der Waals surface area contributed by atoms with E-state index in [-0.39, 0.29) is 0 Å². The molecule has 0 saturated heterocycles. The average Bonchev–Trinajstić information content (AvgIpc) is 2.14. The van der Waals surface area contributed by atoms with Gasteiger partial charge in [0.25, 0.3) is 0 Å². The van der Waals surface area contributed by atoms with E-state index in [4.69, 9.17) is 5.73 Å². The van der Waals surface area contributed by atoms with Crippen LogP contribution in [0.5, 0.6) is 0 Å². The largest absolute Gasteiger partial charge is 0.397 e. The summed E-state index contributed by atoms with van der Waals surface area (Å²) in [4.78, 5) is 0. The second-order valence-corrected chi connectivity index (χ2v) is 5.14. The number of rotatable bonds is 4. The van der Waals surface area contributed by atoms with Gasteiger partial charge in [-0.1, -0.05) is 19.8 Å². The number of benzene rings is 1. The molecule has 0 radical (unpaired) electrons. The van der Waals surface area contributed by atoms with Gasteiger partial charge in [0, 0.05) is 8.95 Å². The highest BCUT2D eigenvalue weighted by Crippen LogP contribution is 2.30. The summed E-state index contributed by atoms with van der Waals surface area (Å²) in [6.45, 7) is 2.22. The minimum absolute atomic E-state index is 0.782. The Labute approximate surface area is 102 Å². The first kappa shape index (κ1) is 12.1. The van der Waals surface area contributed by atoms with Crippen molar-refractivity contribution in [2.24, 2.45) is 0 Å². The van der Waals surface area contributed by atoms with Crippen molar-refractivity contribution in [2.45, 2.75) is 32.6 Å². The Morgan fingerprint density at radius 1 is 1.14 bits per heavy atom. The van der Waals surface area contributed by atoms with Crippen LogP contribution in [0.4, 0.5) is 5.69 Å². The summed E-state index contributed by atoms with van der Waals surface area (Å²) in [7, 11) is 0.